The smallest absolute Gasteiger partial charge is 0.110 e. The number of fused-ring (bicyclic) bond motifs is 1. The Labute approximate surface area is 101 Å². The van der Waals surface area contributed by atoms with Gasteiger partial charge in [-0.3, -0.25) is 0 Å². The van der Waals surface area contributed by atoms with E-state index in [9.17, 15) is 0 Å². The van der Waals surface area contributed by atoms with Gasteiger partial charge in [0, 0.05) is 22.2 Å². The Hall–Kier alpha value is -1.55. The standard InChI is InChI=1S/C12H10BrN3/c1-7-10(11-12(13)15-6-14-11)8-4-2-3-5-9(8)16-7/h2-6,16H,1H3,(H,14,15). The summed E-state index contributed by atoms with van der Waals surface area (Å²) in [4.78, 5) is 10.8. The summed E-state index contributed by atoms with van der Waals surface area (Å²) in [6.07, 6.45) is 1.70. The van der Waals surface area contributed by atoms with Crippen LogP contribution >= 0.6 is 15.9 Å². The molecular formula is C12H10BrN3. The molecule has 0 aliphatic carbocycles. The highest BCUT2D eigenvalue weighted by molar-refractivity contribution is 9.10. The molecule has 4 heteroatoms. The van der Waals surface area contributed by atoms with Crippen molar-refractivity contribution >= 4 is 26.8 Å². The van der Waals surface area contributed by atoms with Crippen LogP contribution in [-0.2, 0) is 0 Å². The molecule has 0 atom stereocenters. The van der Waals surface area contributed by atoms with Crippen LogP contribution in [0.2, 0.25) is 0 Å². The van der Waals surface area contributed by atoms with E-state index in [0.29, 0.717) is 0 Å². The largest absolute Gasteiger partial charge is 0.358 e. The van der Waals surface area contributed by atoms with Crippen LogP contribution in [0, 0.1) is 6.92 Å². The molecule has 2 N–H and O–H groups in total. The Balaban J connectivity index is 2.39. The molecule has 0 saturated carbocycles. The Morgan fingerprint density at radius 2 is 2.06 bits per heavy atom. The van der Waals surface area contributed by atoms with Crippen LogP contribution in [0.3, 0.4) is 0 Å². The molecule has 1 aromatic carbocycles. The van der Waals surface area contributed by atoms with E-state index in [1.165, 1.54) is 5.39 Å². The first-order valence-electron chi connectivity index (χ1n) is 5.04. The Bertz CT molecular complexity index is 651. The van der Waals surface area contributed by atoms with E-state index in [-0.39, 0.29) is 0 Å². The molecule has 16 heavy (non-hydrogen) atoms. The maximum atomic E-state index is 4.35. The van der Waals surface area contributed by atoms with Gasteiger partial charge in [-0.25, -0.2) is 4.98 Å². The van der Waals surface area contributed by atoms with Crippen molar-refractivity contribution in [3.8, 4) is 11.3 Å². The fourth-order valence-corrected chi connectivity index (χ4v) is 2.44. The van der Waals surface area contributed by atoms with Gasteiger partial charge in [-0.1, -0.05) is 18.2 Å². The van der Waals surface area contributed by atoms with Crippen molar-refractivity contribution in [2.45, 2.75) is 6.92 Å². The second-order valence-corrected chi connectivity index (χ2v) is 4.53. The number of hydrogen-bond donors (Lipinski definition) is 2. The normalized spacial score (nSPS) is 11.1. The fourth-order valence-electron chi connectivity index (χ4n) is 2.03. The van der Waals surface area contributed by atoms with E-state index in [1.807, 2.05) is 12.1 Å². The molecule has 3 rings (SSSR count). The molecule has 3 nitrogen and oxygen atoms in total. The lowest BCUT2D eigenvalue weighted by molar-refractivity contribution is 1.28. The minimum absolute atomic E-state index is 0.917. The number of nitrogens with zero attached hydrogens (tertiary/aromatic N) is 1. The maximum Gasteiger partial charge on any atom is 0.110 e. The highest BCUT2D eigenvalue weighted by atomic mass is 79.9. The van der Waals surface area contributed by atoms with Crippen LogP contribution < -0.4 is 0 Å². The van der Waals surface area contributed by atoms with Gasteiger partial charge in [0.1, 0.15) is 10.3 Å². The first-order valence-corrected chi connectivity index (χ1v) is 5.83. The summed E-state index contributed by atoms with van der Waals surface area (Å²) in [6.45, 7) is 2.07. The van der Waals surface area contributed by atoms with Crippen molar-refractivity contribution in [2.75, 3.05) is 0 Å². The van der Waals surface area contributed by atoms with Gasteiger partial charge in [0.05, 0.1) is 6.33 Å². The van der Waals surface area contributed by atoms with Crippen LogP contribution in [0.5, 0.6) is 0 Å². The van der Waals surface area contributed by atoms with E-state index in [4.69, 9.17) is 0 Å². The summed E-state index contributed by atoms with van der Waals surface area (Å²) in [6, 6.07) is 8.25. The number of aryl methyl sites for hydroxylation is 1. The van der Waals surface area contributed by atoms with E-state index >= 15 is 0 Å². The van der Waals surface area contributed by atoms with Crippen LogP contribution in [0.4, 0.5) is 0 Å². The number of imidazole rings is 1. The van der Waals surface area contributed by atoms with Crippen LogP contribution in [0.1, 0.15) is 5.69 Å². The van der Waals surface area contributed by atoms with Crippen LogP contribution in [0.15, 0.2) is 35.2 Å². The Morgan fingerprint density at radius 3 is 2.81 bits per heavy atom. The van der Waals surface area contributed by atoms with E-state index in [0.717, 1.165) is 27.1 Å². The zero-order valence-corrected chi connectivity index (χ0v) is 10.3. The molecule has 80 valence electrons. The molecule has 0 radical (unpaired) electrons. The van der Waals surface area contributed by atoms with Gasteiger partial charge in [-0.05, 0) is 28.9 Å². The number of halogens is 1. The number of para-hydroxylation sites is 1. The predicted molar refractivity (Wildman–Crippen MR) is 68.3 cm³/mol. The maximum absolute atomic E-state index is 4.35. The third-order valence-electron chi connectivity index (χ3n) is 2.72. The molecule has 0 aliphatic heterocycles. The third-order valence-corrected chi connectivity index (χ3v) is 3.33. The molecule has 0 bridgehead atoms. The lowest BCUT2D eigenvalue weighted by Crippen LogP contribution is -1.80. The molecule has 0 saturated heterocycles. The summed E-state index contributed by atoms with van der Waals surface area (Å²) in [5, 5.41) is 1.20. The second kappa shape index (κ2) is 3.49. The van der Waals surface area contributed by atoms with Gasteiger partial charge in [0.15, 0.2) is 0 Å². The van der Waals surface area contributed by atoms with Gasteiger partial charge < -0.3 is 9.97 Å². The van der Waals surface area contributed by atoms with E-state index in [1.54, 1.807) is 6.33 Å². The summed E-state index contributed by atoms with van der Waals surface area (Å²) in [5.41, 5.74) is 4.39. The number of hydrogen-bond acceptors (Lipinski definition) is 1. The first-order chi connectivity index (χ1) is 7.77. The zero-order chi connectivity index (χ0) is 11.1. The summed E-state index contributed by atoms with van der Waals surface area (Å²) >= 11 is 3.48. The van der Waals surface area contributed by atoms with Crippen LogP contribution in [-0.4, -0.2) is 15.0 Å². The number of benzene rings is 1. The third kappa shape index (κ3) is 1.30. The second-order valence-electron chi connectivity index (χ2n) is 3.74. The monoisotopic (exact) mass is 275 g/mol. The average Bonchev–Trinajstić information content (AvgIpc) is 2.81. The lowest BCUT2D eigenvalue weighted by Gasteiger charge is -1.97. The van der Waals surface area contributed by atoms with Crippen molar-refractivity contribution in [1.82, 2.24) is 15.0 Å². The van der Waals surface area contributed by atoms with Crippen molar-refractivity contribution < 1.29 is 0 Å². The fraction of sp³-hybridized carbons (Fsp3) is 0.0833. The zero-order valence-electron chi connectivity index (χ0n) is 8.71. The lowest BCUT2D eigenvalue weighted by atomic mass is 10.1. The van der Waals surface area contributed by atoms with Gasteiger partial charge in [-0.15, -0.1) is 0 Å². The highest BCUT2D eigenvalue weighted by Gasteiger charge is 2.14. The molecule has 0 amide bonds. The van der Waals surface area contributed by atoms with Crippen molar-refractivity contribution in [3.63, 3.8) is 0 Å². The predicted octanol–water partition coefficient (Wildman–Crippen LogP) is 3.63. The number of nitrogens with one attached hydrogen (secondary N) is 2. The number of H-pyrrole nitrogens is 2. The minimum Gasteiger partial charge on any atom is -0.358 e. The van der Waals surface area contributed by atoms with Gasteiger partial charge >= 0.3 is 0 Å². The van der Waals surface area contributed by atoms with E-state index < -0.39 is 0 Å². The van der Waals surface area contributed by atoms with Crippen molar-refractivity contribution in [3.05, 3.63) is 40.9 Å². The van der Waals surface area contributed by atoms with E-state index in [2.05, 4.69) is 49.9 Å². The molecule has 0 fully saturated rings. The van der Waals surface area contributed by atoms with Gasteiger partial charge in [0.25, 0.3) is 0 Å². The average molecular weight is 276 g/mol. The number of rotatable bonds is 1. The molecular weight excluding hydrogens is 266 g/mol. The number of aromatic nitrogens is 3. The Kier molecular flexibility index (Phi) is 2.11. The number of aromatic amines is 2. The van der Waals surface area contributed by atoms with Crippen LogP contribution in [0.25, 0.3) is 22.2 Å². The summed E-state index contributed by atoms with van der Waals surface area (Å²) in [5.74, 6) is 0. The highest BCUT2D eigenvalue weighted by Crippen LogP contribution is 2.34. The van der Waals surface area contributed by atoms with Gasteiger partial charge in [0.2, 0.25) is 0 Å². The molecule has 0 aliphatic rings. The summed E-state index contributed by atoms with van der Waals surface area (Å²) in [7, 11) is 0. The minimum atomic E-state index is 0.917. The molecule has 2 heterocycles. The Morgan fingerprint density at radius 1 is 1.25 bits per heavy atom. The quantitative estimate of drug-likeness (QED) is 0.700. The van der Waals surface area contributed by atoms with Crippen molar-refractivity contribution in [2.24, 2.45) is 0 Å². The molecule has 0 unspecified atom stereocenters. The molecule has 3 aromatic rings. The van der Waals surface area contributed by atoms with Crippen molar-refractivity contribution in [1.29, 1.82) is 0 Å². The SMILES string of the molecule is Cc1[nH]c2ccccc2c1-c1nc[nH]c1Br. The summed E-state index contributed by atoms with van der Waals surface area (Å²) < 4.78 is 0.917. The molecule has 0 spiro atoms. The molecule has 2 aromatic heterocycles. The topological polar surface area (TPSA) is 44.5 Å². The first kappa shape index (κ1) is 9.66. The van der Waals surface area contributed by atoms with Gasteiger partial charge in [-0.2, -0.15) is 0 Å².